The molecule has 2 rings (SSSR count). The lowest BCUT2D eigenvalue weighted by molar-refractivity contribution is 0.358. The predicted molar refractivity (Wildman–Crippen MR) is 81.9 cm³/mol. The fourth-order valence-corrected chi connectivity index (χ4v) is 2.70. The van der Waals surface area contributed by atoms with Gasteiger partial charge in [-0.15, -0.1) is 11.6 Å². The molecule has 0 spiro atoms. The number of rotatable bonds is 5. The summed E-state index contributed by atoms with van der Waals surface area (Å²) in [4.78, 5) is 6.87. The fourth-order valence-electron chi connectivity index (χ4n) is 2.51. The molecule has 19 heavy (non-hydrogen) atoms. The third-order valence-corrected chi connectivity index (χ3v) is 3.78. The van der Waals surface area contributed by atoms with E-state index in [1.807, 2.05) is 0 Å². The zero-order valence-corrected chi connectivity index (χ0v) is 12.9. The van der Waals surface area contributed by atoms with Gasteiger partial charge < -0.3 is 9.47 Å². The maximum atomic E-state index is 6.07. The molecular formula is C15H22ClN3. The first-order valence-corrected chi connectivity index (χ1v) is 7.25. The number of nitrogens with zero attached hydrogens (tertiary/aromatic N) is 3. The van der Waals surface area contributed by atoms with Gasteiger partial charge in [-0.3, -0.25) is 0 Å². The highest BCUT2D eigenvalue weighted by atomic mass is 35.5. The number of aromatic nitrogens is 2. The van der Waals surface area contributed by atoms with Crippen molar-refractivity contribution in [2.45, 2.75) is 32.2 Å². The average Bonchev–Trinajstić information content (AvgIpc) is 2.75. The Kier molecular flexibility index (Phi) is 4.48. The number of hydrogen-bond acceptors (Lipinski definition) is 2. The van der Waals surface area contributed by atoms with Crippen molar-refractivity contribution in [3.8, 4) is 0 Å². The van der Waals surface area contributed by atoms with Crippen LogP contribution in [0.25, 0.3) is 11.0 Å². The van der Waals surface area contributed by atoms with E-state index in [1.165, 1.54) is 11.1 Å². The first-order chi connectivity index (χ1) is 9.04. The molecule has 1 unspecified atom stereocenters. The Morgan fingerprint density at radius 2 is 2.11 bits per heavy atom. The van der Waals surface area contributed by atoms with E-state index in [2.05, 4.69) is 60.6 Å². The quantitative estimate of drug-likeness (QED) is 0.780. The number of hydrogen-bond donors (Lipinski definition) is 0. The van der Waals surface area contributed by atoms with Gasteiger partial charge in [-0.05, 0) is 52.5 Å². The maximum absolute atomic E-state index is 6.07. The number of aryl methyl sites for hydroxylation is 1. The molecule has 3 nitrogen and oxygen atoms in total. The molecule has 0 aliphatic carbocycles. The zero-order chi connectivity index (χ0) is 14.0. The maximum Gasteiger partial charge on any atom is 0.125 e. The Morgan fingerprint density at radius 1 is 1.37 bits per heavy atom. The van der Waals surface area contributed by atoms with E-state index in [0.717, 1.165) is 24.3 Å². The molecule has 0 radical (unpaired) electrons. The third-order valence-electron chi connectivity index (χ3n) is 3.54. The lowest BCUT2D eigenvalue weighted by Gasteiger charge is -2.20. The van der Waals surface area contributed by atoms with Crippen LogP contribution in [0.1, 0.15) is 30.8 Å². The van der Waals surface area contributed by atoms with Crippen molar-refractivity contribution in [1.29, 1.82) is 0 Å². The molecule has 0 fully saturated rings. The molecule has 1 heterocycles. The van der Waals surface area contributed by atoms with Crippen LogP contribution in [0.5, 0.6) is 0 Å². The number of halogens is 1. The van der Waals surface area contributed by atoms with Gasteiger partial charge in [0.1, 0.15) is 5.82 Å². The summed E-state index contributed by atoms with van der Waals surface area (Å²) in [7, 11) is 4.21. The molecule has 0 aliphatic heterocycles. The third kappa shape index (κ3) is 2.93. The van der Waals surface area contributed by atoms with Gasteiger partial charge in [-0.25, -0.2) is 4.98 Å². The van der Waals surface area contributed by atoms with Crippen LogP contribution in [0.4, 0.5) is 0 Å². The van der Waals surface area contributed by atoms with Gasteiger partial charge in [0.25, 0.3) is 0 Å². The van der Waals surface area contributed by atoms with E-state index in [0.29, 0.717) is 11.9 Å². The van der Waals surface area contributed by atoms with Crippen molar-refractivity contribution >= 4 is 22.6 Å². The van der Waals surface area contributed by atoms with Crippen LogP contribution in [0.2, 0.25) is 0 Å². The van der Waals surface area contributed by atoms with E-state index >= 15 is 0 Å². The molecular weight excluding hydrogens is 258 g/mol. The smallest absolute Gasteiger partial charge is 0.125 e. The number of benzene rings is 1. The lowest BCUT2D eigenvalue weighted by atomic mass is 10.1. The summed E-state index contributed by atoms with van der Waals surface area (Å²) in [6, 6.07) is 6.66. The van der Waals surface area contributed by atoms with Crippen LogP contribution < -0.4 is 0 Å². The predicted octanol–water partition coefficient (Wildman–Crippen LogP) is 3.60. The molecule has 104 valence electrons. The Labute approximate surface area is 120 Å². The van der Waals surface area contributed by atoms with E-state index in [-0.39, 0.29) is 0 Å². The van der Waals surface area contributed by atoms with Crippen molar-refractivity contribution < 1.29 is 0 Å². The summed E-state index contributed by atoms with van der Waals surface area (Å²) in [5, 5.41) is 0. The van der Waals surface area contributed by atoms with Gasteiger partial charge in [0.15, 0.2) is 0 Å². The monoisotopic (exact) mass is 279 g/mol. The molecule has 1 atom stereocenters. The van der Waals surface area contributed by atoms with Crippen molar-refractivity contribution in [1.82, 2.24) is 14.5 Å². The van der Waals surface area contributed by atoms with Crippen LogP contribution in [-0.4, -0.2) is 35.1 Å². The van der Waals surface area contributed by atoms with E-state index in [1.54, 1.807) is 0 Å². The minimum atomic E-state index is 0.405. The molecule has 0 saturated carbocycles. The minimum absolute atomic E-state index is 0.405. The number of alkyl halides is 1. The molecule has 0 amide bonds. The Bertz CT molecular complexity index is 560. The summed E-state index contributed by atoms with van der Waals surface area (Å²) in [6.07, 6.45) is 1.09. The average molecular weight is 280 g/mol. The highest BCUT2D eigenvalue weighted by Gasteiger charge is 2.16. The number of fused-ring (bicyclic) bond motifs is 1. The van der Waals surface area contributed by atoms with Gasteiger partial charge in [0.2, 0.25) is 0 Å². The molecule has 0 bridgehead atoms. The summed E-state index contributed by atoms with van der Waals surface area (Å²) in [5.41, 5.74) is 3.54. The summed E-state index contributed by atoms with van der Waals surface area (Å²) < 4.78 is 2.31. The lowest BCUT2D eigenvalue weighted by Crippen LogP contribution is -2.18. The zero-order valence-electron chi connectivity index (χ0n) is 12.2. The Morgan fingerprint density at radius 3 is 2.74 bits per heavy atom. The van der Waals surface area contributed by atoms with Crippen molar-refractivity contribution in [2.24, 2.45) is 0 Å². The van der Waals surface area contributed by atoms with Gasteiger partial charge in [0.05, 0.1) is 16.9 Å². The van der Waals surface area contributed by atoms with Crippen molar-refractivity contribution in [2.75, 3.05) is 20.6 Å². The van der Waals surface area contributed by atoms with Crippen LogP contribution in [0.3, 0.4) is 0 Å². The first kappa shape index (κ1) is 14.4. The normalized spacial score (nSPS) is 13.4. The van der Waals surface area contributed by atoms with Gasteiger partial charge in [-0.1, -0.05) is 12.1 Å². The Balaban J connectivity index is 2.44. The molecule has 0 N–H and O–H groups in total. The topological polar surface area (TPSA) is 21.1 Å². The fraction of sp³-hybridized carbons (Fsp3) is 0.533. The van der Waals surface area contributed by atoms with Gasteiger partial charge >= 0.3 is 0 Å². The Hall–Kier alpha value is -1.06. The highest BCUT2D eigenvalue weighted by Crippen LogP contribution is 2.26. The molecule has 2 aromatic rings. The molecule has 0 aliphatic rings. The van der Waals surface area contributed by atoms with Crippen LogP contribution in [-0.2, 0) is 5.88 Å². The number of imidazole rings is 1. The van der Waals surface area contributed by atoms with Crippen LogP contribution >= 0.6 is 11.6 Å². The molecule has 1 aromatic carbocycles. The summed E-state index contributed by atoms with van der Waals surface area (Å²) in [5.74, 6) is 1.43. The second-order valence-electron chi connectivity index (χ2n) is 5.42. The van der Waals surface area contributed by atoms with Crippen LogP contribution in [0, 0.1) is 6.92 Å². The van der Waals surface area contributed by atoms with Gasteiger partial charge in [0, 0.05) is 6.04 Å². The number of para-hydroxylation sites is 1. The van der Waals surface area contributed by atoms with E-state index in [9.17, 15) is 0 Å². The molecule has 4 heteroatoms. The van der Waals surface area contributed by atoms with Crippen LogP contribution in [0.15, 0.2) is 18.2 Å². The first-order valence-electron chi connectivity index (χ1n) is 6.71. The van der Waals surface area contributed by atoms with Crippen molar-refractivity contribution in [3.05, 3.63) is 29.6 Å². The van der Waals surface area contributed by atoms with E-state index < -0.39 is 0 Å². The standard InChI is InChI=1S/C15H22ClN3/c1-11-6-5-7-13-15(11)19(14(10-16)17-13)12(2)8-9-18(3)4/h5-7,12H,8-10H2,1-4H3. The minimum Gasteiger partial charge on any atom is -0.324 e. The SMILES string of the molecule is Cc1cccc2nc(CCl)n(C(C)CCN(C)C)c12. The molecule has 1 aromatic heterocycles. The van der Waals surface area contributed by atoms with Gasteiger partial charge in [-0.2, -0.15) is 0 Å². The van der Waals surface area contributed by atoms with E-state index in [4.69, 9.17) is 11.6 Å². The van der Waals surface area contributed by atoms with Crippen molar-refractivity contribution in [3.63, 3.8) is 0 Å². The highest BCUT2D eigenvalue weighted by molar-refractivity contribution is 6.16. The molecule has 0 saturated heterocycles. The second kappa shape index (κ2) is 5.93. The largest absolute Gasteiger partial charge is 0.324 e. The second-order valence-corrected chi connectivity index (χ2v) is 5.68. The summed E-state index contributed by atoms with van der Waals surface area (Å²) >= 11 is 6.07. The summed E-state index contributed by atoms with van der Waals surface area (Å²) in [6.45, 7) is 5.44.